The molecule has 6 heterocycles. The summed E-state index contributed by atoms with van der Waals surface area (Å²) in [6.07, 6.45) is 9.18. The number of aromatic nitrogens is 7. The van der Waals surface area contributed by atoms with Crippen LogP contribution >= 0.6 is 0 Å². The fraction of sp³-hybridized carbons (Fsp3) is 0.207. The van der Waals surface area contributed by atoms with E-state index in [2.05, 4.69) is 35.0 Å². The number of H-pyrrole nitrogens is 2. The van der Waals surface area contributed by atoms with E-state index in [4.69, 9.17) is 15.5 Å². The minimum Gasteiger partial charge on any atom is -0.492 e. The Bertz CT molecular complexity index is 1840. The molecule has 0 amide bonds. The lowest BCUT2D eigenvalue weighted by Crippen LogP contribution is -2.25. The largest absolute Gasteiger partial charge is 0.492 e. The number of pyridine rings is 3. The van der Waals surface area contributed by atoms with Gasteiger partial charge in [0, 0.05) is 54.1 Å². The number of hydrogen-bond donors (Lipinski definition) is 3. The van der Waals surface area contributed by atoms with E-state index in [9.17, 15) is 4.39 Å². The summed E-state index contributed by atoms with van der Waals surface area (Å²) < 4.78 is 20.6. The molecule has 10 nitrogen and oxygen atoms in total. The number of fused-ring (bicyclic) bond motifs is 2. The second kappa shape index (κ2) is 10.0. The van der Waals surface area contributed by atoms with Gasteiger partial charge in [0.05, 0.1) is 16.6 Å². The molecular weight excluding hydrogens is 509 g/mol. The van der Waals surface area contributed by atoms with Gasteiger partial charge in [0.25, 0.3) is 0 Å². The zero-order valence-electron chi connectivity index (χ0n) is 21.6. The number of nitrogen functional groups attached to an aromatic ring is 1. The summed E-state index contributed by atoms with van der Waals surface area (Å²) in [4.78, 5) is 23.6. The van der Waals surface area contributed by atoms with Crippen molar-refractivity contribution in [3.63, 3.8) is 0 Å². The van der Waals surface area contributed by atoms with E-state index < -0.39 is 0 Å². The fourth-order valence-electron chi connectivity index (χ4n) is 5.22. The molecule has 0 atom stereocenters. The number of nitrogens with two attached hydrogens (primary N) is 1. The minimum atomic E-state index is -0.368. The fourth-order valence-corrected chi connectivity index (χ4v) is 5.22. The first kappa shape index (κ1) is 24.2. The molecule has 0 bridgehead atoms. The predicted molar refractivity (Wildman–Crippen MR) is 151 cm³/mol. The van der Waals surface area contributed by atoms with Crippen molar-refractivity contribution in [1.82, 2.24) is 40.0 Å². The number of nitrogens with zero attached hydrogens (tertiary/aromatic N) is 6. The number of hydrogen-bond acceptors (Lipinski definition) is 8. The number of ether oxygens (including phenoxy) is 1. The Kier molecular flexibility index (Phi) is 6.05. The topological polar surface area (TPSA) is 135 Å². The molecule has 1 aliphatic heterocycles. The summed E-state index contributed by atoms with van der Waals surface area (Å²) in [6.45, 7) is 3.53. The average Bonchev–Trinajstić information content (AvgIpc) is 3.72. The van der Waals surface area contributed by atoms with Crippen LogP contribution in [0.4, 0.5) is 10.1 Å². The van der Waals surface area contributed by atoms with Crippen LogP contribution in [0.1, 0.15) is 12.8 Å². The van der Waals surface area contributed by atoms with E-state index in [0.717, 1.165) is 41.7 Å². The number of anilines is 1. The first-order valence-electron chi connectivity index (χ1n) is 13.2. The highest BCUT2D eigenvalue weighted by molar-refractivity contribution is 5.96. The SMILES string of the molecule is Nc1cncc(-c2cnc3n[nH]c(-c4nc5nccc(-c6cc(F)cc(OCCN7CCCC7)c6)c5[nH]4)c3c2)c1. The van der Waals surface area contributed by atoms with Crippen LogP contribution in [0, 0.1) is 5.82 Å². The highest BCUT2D eigenvalue weighted by Gasteiger charge is 2.18. The minimum absolute atomic E-state index is 0.368. The van der Waals surface area contributed by atoms with Crippen LogP contribution in [0.15, 0.2) is 61.2 Å². The molecular formula is C29H26FN9O. The normalized spacial score (nSPS) is 13.9. The molecule has 6 aromatic rings. The van der Waals surface area contributed by atoms with Crippen molar-refractivity contribution in [3.05, 3.63) is 67.0 Å². The molecule has 200 valence electrons. The standard InChI is InChI=1S/C29H26FN9O/c30-20-9-17(11-22(13-20)40-8-7-39-5-1-2-6-39)23-3-4-33-28-25(23)35-29(36-28)26-24-12-19(15-34-27(24)38-37-26)18-10-21(31)16-32-14-18/h3-4,9-16H,1-2,5-8,31H2,(H,33,35,36)(H,34,37,38). The first-order chi connectivity index (χ1) is 19.6. The van der Waals surface area contributed by atoms with E-state index in [-0.39, 0.29) is 5.82 Å². The summed E-state index contributed by atoms with van der Waals surface area (Å²) in [7, 11) is 0. The number of likely N-dealkylation sites (tertiary alicyclic amines) is 1. The lowest BCUT2D eigenvalue weighted by atomic mass is 10.1. The van der Waals surface area contributed by atoms with Crippen molar-refractivity contribution in [2.75, 3.05) is 32.0 Å². The Labute approximate surface area is 228 Å². The van der Waals surface area contributed by atoms with Crippen molar-refractivity contribution in [3.8, 4) is 39.5 Å². The maximum atomic E-state index is 14.7. The van der Waals surface area contributed by atoms with Gasteiger partial charge in [-0.25, -0.2) is 19.3 Å². The van der Waals surface area contributed by atoms with Crippen LogP contribution in [-0.2, 0) is 0 Å². The molecule has 0 saturated carbocycles. The van der Waals surface area contributed by atoms with Gasteiger partial charge in [-0.05, 0) is 61.8 Å². The molecule has 1 saturated heterocycles. The average molecular weight is 536 g/mol. The van der Waals surface area contributed by atoms with Gasteiger partial charge < -0.3 is 15.5 Å². The summed E-state index contributed by atoms with van der Waals surface area (Å²) in [5.41, 5.74) is 12.0. The third-order valence-electron chi connectivity index (χ3n) is 7.19. The molecule has 0 radical (unpaired) electrons. The second-order valence-corrected chi connectivity index (χ2v) is 9.92. The van der Waals surface area contributed by atoms with Crippen LogP contribution < -0.4 is 10.5 Å². The van der Waals surface area contributed by atoms with E-state index in [1.165, 1.54) is 25.0 Å². The van der Waals surface area contributed by atoms with Crippen LogP contribution in [0.25, 0.3) is 56.0 Å². The molecule has 7 rings (SSSR count). The molecule has 0 spiro atoms. The van der Waals surface area contributed by atoms with E-state index in [1.807, 2.05) is 24.3 Å². The zero-order valence-corrected chi connectivity index (χ0v) is 21.6. The quantitative estimate of drug-likeness (QED) is 0.265. The summed E-state index contributed by atoms with van der Waals surface area (Å²) >= 11 is 0. The van der Waals surface area contributed by atoms with Crippen LogP contribution in [0.2, 0.25) is 0 Å². The van der Waals surface area contributed by atoms with E-state index in [0.29, 0.717) is 51.9 Å². The molecule has 0 aliphatic carbocycles. The first-order valence-corrected chi connectivity index (χ1v) is 13.2. The monoisotopic (exact) mass is 535 g/mol. The highest BCUT2D eigenvalue weighted by atomic mass is 19.1. The Morgan fingerprint density at radius 2 is 1.82 bits per heavy atom. The van der Waals surface area contributed by atoms with Gasteiger partial charge in [-0.15, -0.1) is 0 Å². The second-order valence-electron chi connectivity index (χ2n) is 9.92. The summed E-state index contributed by atoms with van der Waals surface area (Å²) in [5.74, 6) is 0.668. The number of benzene rings is 1. The smallest absolute Gasteiger partial charge is 0.181 e. The Balaban J connectivity index is 1.23. The van der Waals surface area contributed by atoms with Crippen molar-refractivity contribution < 1.29 is 9.13 Å². The van der Waals surface area contributed by atoms with Gasteiger partial charge >= 0.3 is 0 Å². The van der Waals surface area contributed by atoms with Crippen molar-refractivity contribution in [2.24, 2.45) is 0 Å². The van der Waals surface area contributed by atoms with Gasteiger partial charge in [0.1, 0.15) is 23.9 Å². The molecule has 5 aromatic heterocycles. The number of aromatic amines is 2. The van der Waals surface area contributed by atoms with Crippen molar-refractivity contribution >= 4 is 27.9 Å². The summed E-state index contributed by atoms with van der Waals surface area (Å²) in [5, 5.41) is 8.18. The van der Waals surface area contributed by atoms with Gasteiger partial charge in [0.2, 0.25) is 0 Å². The number of halogens is 1. The van der Waals surface area contributed by atoms with E-state index >= 15 is 0 Å². The zero-order chi connectivity index (χ0) is 27.1. The lowest BCUT2D eigenvalue weighted by molar-refractivity contribution is 0.237. The molecule has 11 heteroatoms. The van der Waals surface area contributed by atoms with Crippen LogP contribution in [0.3, 0.4) is 0 Å². The molecule has 0 unspecified atom stereocenters. The maximum Gasteiger partial charge on any atom is 0.181 e. The van der Waals surface area contributed by atoms with E-state index in [1.54, 1.807) is 24.8 Å². The molecule has 4 N–H and O–H groups in total. The van der Waals surface area contributed by atoms with Crippen molar-refractivity contribution in [2.45, 2.75) is 12.8 Å². The van der Waals surface area contributed by atoms with Crippen LogP contribution in [-0.4, -0.2) is 66.3 Å². The predicted octanol–water partition coefficient (Wildman–Crippen LogP) is 4.82. The van der Waals surface area contributed by atoms with Gasteiger partial charge in [0.15, 0.2) is 17.1 Å². The summed E-state index contributed by atoms with van der Waals surface area (Å²) in [6, 6.07) is 10.4. The highest BCUT2D eigenvalue weighted by Crippen LogP contribution is 2.33. The molecule has 40 heavy (non-hydrogen) atoms. The lowest BCUT2D eigenvalue weighted by Gasteiger charge is -2.15. The molecule has 1 aliphatic rings. The third kappa shape index (κ3) is 4.60. The molecule has 1 fully saturated rings. The van der Waals surface area contributed by atoms with Gasteiger partial charge in [-0.2, -0.15) is 5.10 Å². The van der Waals surface area contributed by atoms with Crippen LogP contribution in [0.5, 0.6) is 5.75 Å². The molecule has 1 aromatic carbocycles. The van der Waals surface area contributed by atoms with Gasteiger partial charge in [-0.1, -0.05) is 0 Å². The maximum absolute atomic E-state index is 14.7. The van der Waals surface area contributed by atoms with Crippen molar-refractivity contribution in [1.29, 1.82) is 0 Å². The Morgan fingerprint density at radius 1 is 0.950 bits per heavy atom. The Hall–Kier alpha value is -4.90. The number of imidazole rings is 1. The number of nitrogens with one attached hydrogen (secondary N) is 2. The van der Waals surface area contributed by atoms with Gasteiger partial charge in [-0.3, -0.25) is 15.0 Å². The Morgan fingerprint density at radius 3 is 2.70 bits per heavy atom. The number of rotatable bonds is 7. The third-order valence-corrected chi connectivity index (χ3v) is 7.19.